The number of ketones is 2. The fourth-order valence-corrected chi connectivity index (χ4v) is 7.17. The topological polar surface area (TPSA) is 94.8 Å². The highest BCUT2D eigenvalue weighted by molar-refractivity contribution is 6.04. The Morgan fingerprint density at radius 1 is 1.16 bits per heavy atom. The van der Waals surface area contributed by atoms with Crippen LogP contribution >= 0.6 is 0 Å². The van der Waals surface area contributed by atoms with E-state index in [0.29, 0.717) is 24.8 Å². The number of aliphatic hydroxyl groups excluding tert-OH is 3. The maximum atomic E-state index is 13.1. The summed E-state index contributed by atoms with van der Waals surface area (Å²) in [7, 11) is 0. The van der Waals surface area contributed by atoms with Crippen molar-refractivity contribution in [3.63, 3.8) is 0 Å². The summed E-state index contributed by atoms with van der Waals surface area (Å²) in [4.78, 5) is 25.7. The van der Waals surface area contributed by atoms with E-state index >= 15 is 0 Å². The van der Waals surface area contributed by atoms with E-state index in [1.807, 2.05) is 0 Å². The van der Waals surface area contributed by atoms with E-state index in [0.717, 1.165) is 6.42 Å². The zero-order valence-electron chi connectivity index (χ0n) is 15.0. The van der Waals surface area contributed by atoms with Gasteiger partial charge in [0.15, 0.2) is 5.78 Å². The monoisotopic (exact) mass is 348 g/mol. The van der Waals surface area contributed by atoms with Crippen LogP contribution in [-0.4, -0.2) is 45.7 Å². The van der Waals surface area contributed by atoms with Crippen LogP contribution in [0.1, 0.15) is 46.0 Å². The van der Waals surface area contributed by atoms with Crippen LogP contribution in [0.15, 0.2) is 12.2 Å². The average molecular weight is 348 g/mol. The molecule has 5 nitrogen and oxygen atoms in total. The molecule has 0 radical (unpaired) electrons. The van der Waals surface area contributed by atoms with Gasteiger partial charge >= 0.3 is 0 Å². The van der Waals surface area contributed by atoms with Gasteiger partial charge < -0.3 is 15.3 Å². The molecule has 0 amide bonds. The van der Waals surface area contributed by atoms with Gasteiger partial charge in [0, 0.05) is 12.3 Å². The van der Waals surface area contributed by atoms with Crippen LogP contribution < -0.4 is 0 Å². The van der Waals surface area contributed by atoms with Crippen molar-refractivity contribution in [2.24, 2.45) is 34.0 Å². The lowest BCUT2D eigenvalue weighted by Gasteiger charge is -2.64. The molecule has 0 aromatic carbocycles. The predicted octanol–water partition coefficient (Wildman–Crippen LogP) is 1.25. The Balaban J connectivity index is 1.88. The highest BCUT2D eigenvalue weighted by atomic mass is 16.3. The first-order valence-electron chi connectivity index (χ1n) is 9.39. The fraction of sp³-hybridized carbons (Fsp3) is 0.800. The molecule has 2 bridgehead atoms. The first-order chi connectivity index (χ1) is 11.7. The van der Waals surface area contributed by atoms with Gasteiger partial charge in [0.1, 0.15) is 5.78 Å². The molecule has 138 valence electrons. The number of fused-ring (bicyclic) bond motifs is 3. The van der Waals surface area contributed by atoms with Crippen molar-refractivity contribution in [3.8, 4) is 0 Å². The molecule has 4 rings (SSSR count). The third-order valence-corrected chi connectivity index (χ3v) is 8.57. The lowest BCUT2D eigenvalue weighted by atomic mass is 9.39. The molecule has 5 heteroatoms. The van der Waals surface area contributed by atoms with E-state index < -0.39 is 23.0 Å². The molecular formula is C20H28O5. The van der Waals surface area contributed by atoms with Gasteiger partial charge in [-0.15, -0.1) is 0 Å². The number of aliphatic hydroxyl groups is 3. The molecule has 1 spiro atoms. The molecule has 8 atom stereocenters. The van der Waals surface area contributed by atoms with Crippen molar-refractivity contribution in [1.29, 1.82) is 0 Å². The Kier molecular flexibility index (Phi) is 3.49. The van der Waals surface area contributed by atoms with Crippen molar-refractivity contribution >= 4 is 11.6 Å². The van der Waals surface area contributed by atoms with Crippen LogP contribution in [0.25, 0.3) is 0 Å². The van der Waals surface area contributed by atoms with Crippen molar-refractivity contribution in [2.75, 3.05) is 6.61 Å². The molecule has 3 N–H and O–H groups in total. The third-order valence-electron chi connectivity index (χ3n) is 8.57. The molecule has 8 unspecified atom stereocenters. The first kappa shape index (κ1) is 17.4. The highest BCUT2D eigenvalue weighted by Gasteiger charge is 2.74. The first-order valence-corrected chi connectivity index (χ1v) is 9.39. The summed E-state index contributed by atoms with van der Waals surface area (Å²) in [6, 6.07) is 0. The van der Waals surface area contributed by atoms with E-state index in [-0.39, 0.29) is 47.8 Å². The van der Waals surface area contributed by atoms with Crippen LogP contribution in [0.2, 0.25) is 0 Å². The minimum atomic E-state index is -1.18. The van der Waals surface area contributed by atoms with E-state index in [9.17, 15) is 24.9 Å². The van der Waals surface area contributed by atoms with Crippen molar-refractivity contribution in [3.05, 3.63) is 12.2 Å². The maximum Gasteiger partial charge on any atom is 0.170 e. The number of hydrogen-bond donors (Lipinski definition) is 3. The van der Waals surface area contributed by atoms with Gasteiger partial charge in [-0.05, 0) is 48.5 Å². The fourth-order valence-electron chi connectivity index (χ4n) is 7.17. The third kappa shape index (κ3) is 1.70. The summed E-state index contributed by atoms with van der Waals surface area (Å²) in [5.41, 5.74) is -1.98. The molecule has 0 aliphatic heterocycles. The lowest BCUT2D eigenvalue weighted by Crippen LogP contribution is -2.68. The Morgan fingerprint density at radius 2 is 1.84 bits per heavy atom. The van der Waals surface area contributed by atoms with Gasteiger partial charge in [-0.2, -0.15) is 0 Å². The van der Waals surface area contributed by atoms with Gasteiger partial charge in [0.05, 0.1) is 29.6 Å². The normalized spacial score (nSPS) is 55.1. The van der Waals surface area contributed by atoms with Gasteiger partial charge in [0.25, 0.3) is 0 Å². The van der Waals surface area contributed by atoms with Crippen LogP contribution in [0.3, 0.4) is 0 Å². The molecule has 4 saturated carbocycles. The molecule has 0 saturated heterocycles. The molecule has 4 aliphatic carbocycles. The standard InChI is InChI=1S/C20H28O5/c1-10-11-4-5-12-18(2)7-6-14(22)19(3,9-21)13(18)8-15(23)20(12,16(10)24)17(11)25/h11-13,15,17,21,23,25H,1,4-9H2,2-3H3. The Hall–Kier alpha value is -1.04. The second kappa shape index (κ2) is 5.02. The molecule has 4 aliphatic rings. The Morgan fingerprint density at radius 3 is 2.48 bits per heavy atom. The van der Waals surface area contributed by atoms with Crippen LogP contribution in [-0.2, 0) is 9.59 Å². The number of hydrogen-bond acceptors (Lipinski definition) is 5. The quantitative estimate of drug-likeness (QED) is 0.620. The number of carbonyl (C=O) groups is 2. The Labute approximate surface area is 148 Å². The number of carbonyl (C=O) groups excluding carboxylic acids is 2. The summed E-state index contributed by atoms with van der Waals surface area (Å²) in [5.74, 6) is -0.777. The van der Waals surface area contributed by atoms with E-state index in [1.54, 1.807) is 6.92 Å². The summed E-state index contributed by atoms with van der Waals surface area (Å²) in [5, 5.41) is 32.1. The zero-order chi connectivity index (χ0) is 18.4. The molecule has 0 aromatic heterocycles. The predicted molar refractivity (Wildman–Crippen MR) is 90.5 cm³/mol. The van der Waals surface area contributed by atoms with Gasteiger partial charge in [-0.3, -0.25) is 9.59 Å². The second-order valence-corrected chi connectivity index (χ2v) is 9.28. The minimum Gasteiger partial charge on any atom is -0.395 e. The smallest absolute Gasteiger partial charge is 0.170 e. The maximum absolute atomic E-state index is 13.1. The summed E-state index contributed by atoms with van der Waals surface area (Å²) >= 11 is 0. The zero-order valence-corrected chi connectivity index (χ0v) is 15.0. The van der Waals surface area contributed by atoms with Gasteiger partial charge in [-0.25, -0.2) is 0 Å². The summed E-state index contributed by atoms with van der Waals surface area (Å²) in [6.45, 7) is 7.56. The summed E-state index contributed by atoms with van der Waals surface area (Å²) < 4.78 is 0. The minimum absolute atomic E-state index is 0.0389. The van der Waals surface area contributed by atoms with Crippen molar-refractivity contribution < 1.29 is 24.9 Å². The second-order valence-electron chi connectivity index (χ2n) is 9.28. The molecule has 4 fully saturated rings. The van der Waals surface area contributed by atoms with Crippen LogP contribution in [0.5, 0.6) is 0 Å². The number of Topliss-reactive ketones (excluding diaryl/α,β-unsaturated/α-hetero) is 2. The highest BCUT2D eigenvalue weighted by Crippen LogP contribution is 2.70. The Bertz CT molecular complexity index is 671. The molecule has 0 aromatic rings. The van der Waals surface area contributed by atoms with Crippen molar-refractivity contribution in [2.45, 2.75) is 58.2 Å². The van der Waals surface area contributed by atoms with Crippen molar-refractivity contribution in [1.82, 2.24) is 0 Å². The van der Waals surface area contributed by atoms with E-state index in [4.69, 9.17) is 0 Å². The average Bonchev–Trinajstić information content (AvgIpc) is 2.70. The SMILES string of the molecule is C=C1C(=O)C23C(O)CC4C(C)(CO)C(=O)CCC4(C)C2CCC1C3O. The molecule has 0 heterocycles. The molecule has 25 heavy (non-hydrogen) atoms. The van der Waals surface area contributed by atoms with Crippen LogP contribution in [0, 0.1) is 34.0 Å². The molecular weight excluding hydrogens is 320 g/mol. The number of rotatable bonds is 1. The van der Waals surface area contributed by atoms with E-state index in [1.165, 1.54) is 0 Å². The lowest BCUT2D eigenvalue weighted by molar-refractivity contribution is -0.227. The van der Waals surface area contributed by atoms with Gasteiger partial charge in [-0.1, -0.05) is 20.4 Å². The van der Waals surface area contributed by atoms with E-state index in [2.05, 4.69) is 13.5 Å². The van der Waals surface area contributed by atoms with Crippen LogP contribution in [0.4, 0.5) is 0 Å². The summed E-state index contributed by atoms with van der Waals surface area (Å²) in [6.07, 6.45) is 0.819. The van der Waals surface area contributed by atoms with Gasteiger partial charge in [0.2, 0.25) is 0 Å². The largest absolute Gasteiger partial charge is 0.395 e.